The minimum Gasteiger partial charge on any atom is -0.320 e. The van der Waals surface area contributed by atoms with Crippen LogP contribution in [0.1, 0.15) is 40.3 Å². The predicted octanol–water partition coefficient (Wildman–Crippen LogP) is 5.06. The number of hydrogen-bond acceptors (Lipinski definition) is 5. The summed E-state index contributed by atoms with van der Waals surface area (Å²) in [5.41, 5.74) is 0.798. The molecule has 0 bridgehead atoms. The molecule has 0 saturated carbocycles. The number of aromatic nitrogens is 2. The second-order valence-corrected chi connectivity index (χ2v) is 8.89. The summed E-state index contributed by atoms with van der Waals surface area (Å²) in [5, 5.41) is 3.19. The lowest BCUT2D eigenvalue weighted by atomic mass is 10.2. The molecule has 0 aliphatic carbocycles. The molecule has 0 spiro atoms. The van der Waals surface area contributed by atoms with Gasteiger partial charge >= 0.3 is 0 Å². The molecule has 4 rings (SSSR count). The maximum atomic E-state index is 13.0. The van der Waals surface area contributed by atoms with Crippen LogP contribution in [0.3, 0.4) is 0 Å². The molecule has 29 heavy (non-hydrogen) atoms. The summed E-state index contributed by atoms with van der Waals surface area (Å²) < 4.78 is 27.3. The molecular weight excluding hydrogens is 416 g/mol. The maximum absolute atomic E-state index is 13.0. The average Bonchev–Trinajstić information content (AvgIpc) is 2.85. The quantitative estimate of drug-likeness (QED) is 0.582. The Morgan fingerprint density at radius 3 is 2.86 bits per heavy atom. The molecule has 0 atom stereocenters. The molecule has 0 fully saturated rings. The molecule has 5 nitrogen and oxygen atoms in total. The first-order chi connectivity index (χ1) is 14.0. The number of carbonyl (C=O) groups excluding carboxylic acids is 1. The van der Waals surface area contributed by atoms with Gasteiger partial charge in [-0.2, -0.15) is 8.78 Å². The van der Waals surface area contributed by atoms with Gasteiger partial charge in [-0.3, -0.25) is 14.2 Å². The largest absolute Gasteiger partial charge is 0.320 e. The van der Waals surface area contributed by atoms with Crippen molar-refractivity contribution < 1.29 is 13.6 Å². The lowest BCUT2D eigenvalue weighted by Gasteiger charge is -2.10. The van der Waals surface area contributed by atoms with Gasteiger partial charge in [0.1, 0.15) is 10.7 Å². The number of carbonyl (C=O) groups is 1. The second kappa shape index (κ2) is 8.23. The topological polar surface area (TPSA) is 64.0 Å². The summed E-state index contributed by atoms with van der Waals surface area (Å²) in [5.74, 6) is -2.24. The third-order valence-electron chi connectivity index (χ3n) is 4.97. The Hall–Kier alpha value is -2.26. The van der Waals surface area contributed by atoms with E-state index in [1.54, 1.807) is 29.7 Å². The zero-order chi connectivity index (χ0) is 20.5. The first-order valence-corrected chi connectivity index (χ1v) is 11.0. The van der Waals surface area contributed by atoms with E-state index in [2.05, 4.69) is 10.3 Å². The summed E-state index contributed by atoms with van der Waals surface area (Å²) in [4.78, 5) is 31.8. The van der Waals surface area contributed by atoms with Gasteiger partial charge in [-0.1, -0.05) is 30.3 Å². The Labute approximate surface area is 174 Å². The van der Waals surface area contributed by atoms with E-state index < -0.39 is 11.7 Å². The third-order valence-corrected chi connectivity index (χ3v) is 6.94. The minimum atomic E-state index is -2.58. The smallest absolute Gasteiger partial charge is 0.288 e. The lowest BCUT2D eigenvalue weighted by molar-refractivity contribution is 0.103. The number of anilines is 1. The van der Waals surface area contributed by atoms with E-state index >= 15 is 0 Å². The highest BCUT2D eigenvalue weighted by Gasteiger charge is 2.23. The van der Waals surface area contributed by atoms with Crippen LogP contribution in [-0.4, -0.2) is 21.2 Å². The van der Waals surface area contributed by atoms with Crippen molar-refractivity contribution >= 4 is 44.9 Å². The van der Waals surface area contributed by atoms with Crippen LogP contribution in [0.2, 0.25) is 0 Å². The van der Waals surface area contributed by atoms with Gasteiger partial charge in [0.2, 0.25) is 0 Å². The monoisotopic (exact) mass is 435 g/mol. The lowest BCUT2D eigenvalue weighted by Crippen LogP contribution is -2.24. The molecule has 1 aliphatic rings. The number of nitrogens with zero attached hydrogens (tertiary/aromatic N) is 2. The Kier molecular flexibility index (Phi) is 5.69. The number of rotatable bonds is 4. The van der Waals surface area contributed by atoms with Gasteiger partial charge in [-0.15, -0.1) is 11.3 Å². The zero-order valence-corrected chi connectivity index (χ0v) is 17.3. The summed E-state index contributed by atoms with van der Waals surface area (Å²) in [6.07, 6.45) is 3.75. The van der Waals surface area contributed by atoms with E-state index in [1.165, 1.54) is 17.4 Å². The molecule has 152 valence electrons. The van der Waals surface area contributed by atoms with E-state index in [9.17, 15) is 18.4 Å². The third kappa shape index (κ3) is 3.93. The van der Waals surface area contributed by atoms with Crippen LogP contribution < -0.4 is 10.9 Å². The van der Waals surface area contributed by atoms with Gasteiger partial charge in [0, 0.05) is 17.9 Å². The molecule has 1 aromatic carbocycles. The molecule has 3 aromatic rings. The molecule has 1 aliphatic heterocycles. The highest BCUT2D eigenvalue weighted by molar-refractivity contribution is 7.99. The molecular formula is C20H19F2N3O2S2. The number of thioether (sulfide) groups is 1. The van der Waals surface area contributed by atoms with Gasteiger partial charge in [0.15, 0.2) is 0 Å². The van der Waals surface area contributed by atoms with Crippen LogP contribution >= 0.6 is 23.1 Å². The molecule has 1 N–H and O–H groups in total. The van der Waals surface area contributed by atoms with E-state index in [4.69, 9.17) is 0 Å². The Balaban J connectivity index is 1.72. The van der Waals surface area contributed by atoms with Crippen LogP contribution in [0.25, 0.3) is 10.2 Å². The van der Waals surface area contributed by atoms with Crippen LogP contribution in [0.4, 0.5) is 14.5 Å². The molecule has 2 aromatic heterocycles. The van der Waals surface area contributed by atoms with Crippen molar-refractivity contribution in [2.75, 3.05) is 5.32 Å². The standard InChI is InChI=1S/C20H19F2N3O2S2/c1-11-15-18(24-14-9-3-2-6-10-25(14)19(15)27)29-16(11)17(26)23-12-7-4-5-8-13(12)28-20(21)22/h4-5,7-8,20H,2-3,6,9-10H2,1H3,(H,23,26). The van der Waals surface area contributed by atoms with Crippen molar-refractivity contribution in [1.29, 1.82) is 0 Å². The van der Waals surface area contributed by atoms with Crippen molar-refractivity contribution in [3.63, 3.8) is 0 Å². The molecule has 0 unspecified atom stereocenters. The fourth-order valence-corrected chi connectivity index (χ4v) is 5.26. The number of alkyl halides is 2. The molecule has 9 heteroatoms. The average molecular weight is 436 g/mol. The second-order valence-electron chi connectivity index (χ2n) is 6.86. The van der Waals surface area contributed by atoms with Crippen LogP contribution in [0.15, 0.2) is 34.0 Å². The van der Waals surface area contributed by atoms with Crippen molar-refractivity contribution in [3.05, 3.63) is 50.9 Å². The van der Waals surface area contributed by atoms with Gasteiger partial charge in [-0.05, 0) is 37.5 Å². The minimum absolute atomic E-state index is 0.103. The van der Waals surface area contributed by atoms with Gasteiger partial charge in [-0.25, -0.2) is 4.98 Å². The van der Waals surface area contributed by atoms with Crippen molar-refractivity contribution in [1.82, 2.24) is 9.55 Å². The molecule has 3 heterocycles. The predicted molar refractivity (Wildman–Crippen MR) is 112 cm³/mol. The highest BCUT2D eigenvalue weighted by atomic mass is 32.2. The van der Waals surface area contributed by atoms with Crippen molar-refractivity contribution in [2.45, 2.75) is 49.8 Å². The van der Waals surface area contributed by atoms with Crippen LogP contribution in [0.5, 0.6) is 0 Å². The van der Waals surface area contributed by atoms with E-state index in [0.29, 0.717) is 49.5 Å². The van der Waals surface area contributed by atoms with Crippen molar-refractivity contribution in [2.24, 2.45) is 0 Å². The number of fused-ring (bicyclic) bond motifs is 2. The molecule has 0 radical (unpaired) electrons. The summed E-state index contributed by atoms with van der Waals surface area (Å²) >= 11 is 1.56. The number of amides is 1. The Bertz CT molecular complexity index is 1140. The van der Waals surface area contributed by atoms with Crippen LogP contribution in [-0.2, 0) is 13.0 Å². The number of para-hydroxylation sites is 1. The van der Waals surface area contributed by atoms with Crippen LogP contribution in [0, 0.1) is 6.92 Å². The van der Waals surface area contributed by atoms with Gasteiger partial charge in [0.05, 0.1) is 16.0 Å². The Morgan fingerprint density at radius 1 is 1.28 bits per heavy atom. The van der Waals surface area contributed by atoms with E-state index in [1.807, 2.05) is 0 Å². The number of hydrogen-bond donors (Lipinski definition) is 1. The number of halogens is 2. The number of aryl methyl sites for hydroxylation is 2. The number of nitrogens with one attached hydrogen (secondary N) is 1. The summed E-state index contributed by atoms with van der Waals surface area (Å²) in [7, 11) is 0. The summed E-state index contributed by atoms with van der Waals surface area (Å²) in [6.45, 7) is 2.38. The fourth-order valence-electron chi connectivity index (χ4n) is 3.57. The van der Waals surface area contributed by atoms with Crippen molar-refractivity contribution in [3.8, 4) is 0 Å². The maximum Gasteiger partial charge on any atom is 0.288 e. The zero-order valence-electron chi connectivity index (χ0n) is 15.7. The molecule has 0 saturated heterocycles. The first-order valence-electron chi connectivity index (χ1n) is 9.33. The normalized spacial score (nSPS) is 14.1. The Morgan fingerprint density at radius 2 is 2.07 bits per heavy atom. The number of benzene rings is 1. The SMILES string of the molecule is Cc1c(C(=O)Nc2ccccc2SC(F)F)sc2nc3n(c(=O)c12)CCCCC3. The van der Waals surface area contributed by atoms with E-state index in [0.717, 1.165) is 31.5 Å². The first kappa shape index (κ1) is 20.0. The van der Waals surface area contributed by atoms with Gasteiger partial charge in [0.25, 0.3) is 17.2 Å². The number of thiophene rings is 1. The summed E-state index contributed by atoms with van der Waals surface area (Å²) in [6, 6.07) is 6.44. The highest BCUT2D eigenvalue weighted by Crippen LogP contribution is 2.33. The van der Waals surface area contributed by atoms with E-state index in [-0.39, 0.29) is 5.56 Å². The molecule has 1 amide bonds. The van der Waals surface area contributed by atoms with Gasteiger partial charge < -0.3 is 5.32 Å². The fraction of sp³-hybridized carbons (Fsp3) is 0.350.